The predicted molar refractivity (Wildman–Crippen MR) is 85.2 cm³/mol. The summed E-state index contributed by atoms with van der Waals surface area (Å²) in [7, 11) is 0. The van der Waals surface area contributed by atoms with Gasteiger partial charge in [0.15, 0.2) is 5.82 Å². The second-order valence-electron chi connectivity index (χ2n) is 3.93. The smallest absolute Gasteiger partial charge is 0.216 e. The highest BCUT2D eigenvalue weighted by atomic mass is 35.5. The molecule has 7 heteroatoms. The van der Waals surface area contributed by atoms with Crippen LogP contribution < -0.4 is 0 Å². The van der Waals surface area contributed by atoms with Crippen molar-refractivity contribution in [1.29, 1.82) is 0 Å². The Morgan fingerprint density at radius 1 is 1.30 bits per heavy atom. The average Bonchev–Trinajstić information content (AvgIpc) is 3.07. The van der Waals surface area contributed by atoms with Crippen LogP contribution in [0.25, 0.3) is 11.4 Å². The molecule has 2 aromatic heterocycles. The zero-order valence-corrected chi connectivity index (χ0v) is 12.5. The number of benzene rings is 1. The van der Waals surface area contributed by atoms with Gasteiger partial charge in [0.25, 0.3) is 0 Å². The third-order valence-corrected chi connectivity index (χ3v) is 3.92. The monoisotopic (exact) mass is 320 g/mol. The number of thiophene rings is 1. The second kappa shape index (κ2) is 5.70. The topological polar surface area (TPSA) is 46.0 Å². The number of hydrogen-bond donors (Lipinski definition) is 1. The fourth-order valence-electron chi connectivity index (χ4n) is 1.66. The van der Waals surface area contributed by atoms with E-state index < -0.39 is 0 Å². The Hall–Kier alpha value is -1.76. The van der Waals surface area contributed by atoms with Crippen molar-refractivity contribution in [2.75, 3.05) is 0 Å². The lowest BCUT2D eigenvalue weighted by Crippen LogP contribution is -1.94. The summed E-state index contributed by atoms with van der Waals surface area (Å²) in [4.78, 5) is 1.05. The van der Waals surface area contributed by atoms with Crippen molar-refractivity contribution in [3.63, 3.8) is 0 Å². The average molecular weight is 321 g/mol. The summed E-state index contributed by atoms with van der Waals surface area (Å²) in [6.07, 6.45) is 1.76. The van der Waals surface area contributed by atoms with Crippen LogP contribution in [0.2, 0.25) is 5.02 Å². The molecule has 0 unspecified atom stereocenters. The van der Waals surface area contributed by atoms with Crippen molar-refractivity contribution in [3.8, 4) is 11.4 Å². The molecule has 0 atom stereocenters. The summed E-state index contributed by atoms with van der Waals surface area (Å²) < 4.78 is 2.04. The molecular weight excluding hydrogens is 312 g/mol. The molecule has 0 saturated heterocycles. The zero-order valence-electron chi connectivity index (χ0n) is 10.2. The minimum absolute atomic E-state index is 0.447. The van der Waals surface area contributed by atoms with E-state index in [1.807, 2.05) is 41.8 Å². The molecule has 4 nitrogen and oxygen atoms in total. The lowest BCUT2D eigenvalue weighted by Gasteiger charge is -2.00. The van der Waals surface area contributed by atoms with Crippen molar-refractivity contribution in [2.24, 2.45) is 5.10 Å². The van der Waals surface area contributed by atoms with Gasteiger partial charge in [-0.2, -0.15) is 14.9 Å². The van der Waals surface area contributed by atoms with Gasteiger partial charge in [-0.05, 0) is 47.9 Å². The van der Waals surface area contributed by atoms with Crippen LogP contribution in [0, 0.1) is 4.77 Å². The van der Waals surface area contributed by atoms with Crippen molar-refractivity contribution >= 4 is 41.4 Å². The standard InChI is InChI=1S/C13H9ClN4S2/c14-10-5-3-9(4-6-10)12-16-17-13(19)18(12)15-8-11-2-1-7-20-11/h1-8H,(H,17,19)/b15-8-. The molecule has 0 amide bonds. The minimum atomic E-state index is 0.447. The van der Waals surface area contributed by atoms with Crippen molar-refractivity contribution in [3.05, 3.63) is 56.4 Å². The van der Waals surface area contributed by atoms with Crippen LogP contribution in [-0.2, 0) is 0 Å². The van der Waals surface area contributed by atoms with Crippen LogP contribution in [-0.4, -0.2) is 21.1 Å². The van der Waals surface area contributed by atoms with E-state index in [0.29, 0.717) is 15.6 Å². The molecule has 0 aliphatic carbocycles. The molecule has 100 valence electrons. The molecule has 3 aromatic rings. The maximum absolute atomic E-state index is 5.89. The van der Waals surface area contributed by atoms with Crippen LogP contribution in [0.3, 0.4) is 0 Å². The Morgan fingerprint density at radius 3 is 2.80 bits per heavy atom. The fraction of sp³-hybridized carbons (Fsp3) is 0. The Kier molecular flexibility index (Phi) is 3.77. The zero-order chi connectivity index (χ0) is 13.9. The van der Waals surface area contributed by atoms with Gasteiger partial charge in [-0.1, -0.05) is 17.7 Å². The minimum Gasteiger partial charge on any atom is -0.250 e. The van der Waals surface area contributed by atoms with E-state index in [-0.39, 0.29) is 0 Å². The molecule has 20 heavy (non-hydrogen) atoms. The highest BCUT2D eigenvalue weighted by Gasteiger charge is 2.07. The van der Waals surface area contributed by atoms with Gasteiger partial charge in [0.05, 0.1) is 6.21 Å². The lowest BCUT2D eigenvalue weighted by molar-refractivity contribution is 0.872. The quantitative estimate of drug-likeness (QED) is 0.580. The predicted octanol–water partition coefficient (Wildman–Crippen LogP) is 4.20. The van der Waals surface area contributed by atoms with Crippen LogP contribution in [0.15, 0.2) is 46.9 Å². The fourth-order valence-corrected chi connectivity index (χ4v) is 2.55. The van der Waals surface area contributed by atoms with Gasteiger partial charge in [-0.25, -0.2) is 5.10 Å². The number of halogens is 1. The molecule has 0 bridgehead atoms. The first-order valence-electron chi connectivity index (χ1n) is 5.75. The summed E-state index contributed by atoms with van der Waals surface area (Å²) in [6, 6.07) is 11.3. The summed E-state index contributed by atoms with van der Waals surface area (Å²) >= 11 is 12.7. The number of rotatable bonds is 3. The van der Waals surface area contributed by atoms with Gasteiger partial charge >= 0.3 is 0 Å². The van der Waals surface area contributed by atoms with Gasteiger partial charge in [0.2, 0.25) is 4.77 Å². The maximum atomic E-state index is 5.89. The summed E-state index contributed by atoms with van der Waals surface area (Å²) in [5.74, 6) is 0.652. The molecule has 0 radical (unpaired) electrons. The van der Waals surface area contributed by atoms with Gasteiger partial charge in [-0.3, -0.25) is 0 Å². The van der Waals surface area contributed by atoms with Gasteiger partial charge in [0, 0.05) is 15.5 Å². The molecule has 0 fully saturated rings. The van der Waals surface area contributed by atoms with Gasteiger partial charge < -0.3 is 0 Å². The Labute approximate surface area is 129 Å². The highest BCUT2D eigenvalue weighted by Crippen LogP contribution is 2.20. The third-order valence-electron chi connectivity index (χ3n) is 2.60. The normalized spacial score (nSPS) is 11.2. The Bertz CT molecular complexity index is 785. The SMILES string of the molecule is S=c1[nH]nc(-c2ccc(Cl)cc2)n1/N=C\c1cccs1. The summed E-state index contributed by atoms with van der Waals surface area (Å²) in [5, 5.41) is 14.0. The molecule has 0 spiro atoms. The van der Waals surface area contributed by atoms with Crippen LogP contribution >= 0.6 is 35.2 Å². The molecule has 0 aliphatic heterocycles. The van der Waals surface area contributed by atoms with Crippen LogP contribution in [0.5, 0.6) is 0 Å². The highest BCUT2D eigenvalue weighted by molar-refractivity contribution is 7.71. The van der Waals surface area contributed by atoms with Gasteiger partial charge in [-0.15, -0.1) is 11.3 Å². The summed E-state index contributed by atoms with van der Waals surface area (Å²) in [5.41, 5.74) is 0.894. The van der Waals surface area contributed by atoms with E-state index >= 15 is 0 Å². The first kappa shape index (κ1) is 13.2. The van der Waals surface area contributed by atoms with Crippen molar-refractivity contribution in [1.82, 2.24) is 14.9 Å². The third kappa shape index (κ3) is 2.72. The molecule has 2 heterocycles. The van der Waals surface area contributed by atoms with E-state index in [1.165, 1.54) is 0 Å². The van der Waals surface area contributed by atoms with E-state index in [1.54, 1.807) is 22.2 Å². The van der Waals surface area contributed by atoms with E-state index in [9.17, 15) is 0 Å². The second-order valence-corrected chi connectivity index (χ2v) is 5.73. The molecule has 1 aromatic carbocycles. The summed E-state index contributed by atoms with van der Waals surface area (Å²) in [6.45, 7) is 0. The largest absolute Gasteiger partial charge is 0.250 e. The number of aromatic nitrogens is 3. The molecule has 1 N–H and O–H groups in total. The first-order valence-corrected chi connectivity index (χ1v) is 7.42. The molecule has 0 aliphatic rings. The molecule has 3 rings (SSSR count). The van der Waals surface area contributed by atoms with Crippen LogP contribution in [0.1, 0.15) is 4.88 Å². The maximum Gasteiger partial charge on any atom is 0.216 e. The molecular formula is C13H9ClN4S2. The van der Waals surface area contributed by atoms with Crippen LogP contribution in [0.4, 0.5) is 0 Å². The number of nitrogens with one attached hydrogen (secondary N) is 1. The van der Waals surface area contributed by atoms with Crippen molar-refractivity contribution < 1.29 is 0 Å². The first-order chi connectivity index (χ1) is 9.74. The lowest BCUT2D eigenvalue weighted by atomic mass is 10.2. The number of hydrogen-bond acceptors (Lipinski definition) is 4. The number of H-pyrrole nitrogens is 1. The van der Waals surface area contributed by atoms with Crippen molar-refractivity contribution in [2.45, 2.75) is 0 Å². The van der Waals surface area contributed by atoms with Gasteiger partial charge in [0.1, 0.15) is 0 Å². The Morgan fingerprint density at radius 2 is 2.10 bits per heavy atom. The Balaban J connectivity index is 2.01. The van der Waals surface area contributed by atoms with E-state index in [0.717, 1.165) is 10.4 Å². The van der Waals surface area contributed by atoms with E-state index in [4.69, 9.17) is 23.8 Å². The van der Waals surface area contributed by atoms with E-state index in [2.05, 4.69) is 15.3 Å². The number of nitrogens with zero attached hydrogens (tertiary/aromatic N) is 3. The number of aromatic amines is 1. The molecule has 0 saturated carbocycles.